The van der Waals surface area contributed by atoms with Crippen LogP contribution in [0, 0.1) is 5.92 Å². The van der Waals surface area contributed by atoms with Gasteiger partial charge < -0.3 is 20.1 Å². The van der Waals surface area contributed by atoms with E-state index in [1.807, 2.05) is 6.92 Å². The molecule has 0 saturated carbocycles. The second-order valence-electron chi connectivity index (χ2n) is 6.56. The van der Waals surface area contributed by atoms with E-state index in [2.05, 4.69) is 5.32 Å². The Morgan fingerprint density at radius 2 is 1.97 bits per heavy atom. The van der Waals surface area contributed by atoms with Crippen molar-refractivity contribution in [2.45, 2.75) is 32.7 Å². The molecule has 1 aromatic carbocycles. The topological polar surface area (TPSA) is 113 Å². The van der Waals surface area contributed by atoms with Crippen LogP contribution in [0.5, 0.6) is 0 Å². The number of nitrogens with one attached hydrogen (secondary N) is 1. The van der Waals surface area contributed by atoms with Gasteiger partial charge in [-0.3, -0.25) is 9.59 Å². The molecule has 1 heterocycles. The van der Waals surface area contributed by atoms with E-state index >= 15 is 0 Å². The molecule has 9 heteroatoms. The third-order valence-corrected chi connectivity index (χ3v) is 5.49. The lowest BCUT2D eigenvalue weighted by Crippen LogP contribution is -2.44. The van der Waals surface area contributed by atoms with Crippen LogP contribution in [-0.2, 0) is 19.1 Å². The number of carboxylic acid groups (broad SMARTS) is 1. The van der Waals surface area contributed by atoms with Gasteiger partial charge in [-0.1, -0.05) is 6.92 Å². The Bertz CT molecular complexity index is 752. The molecule has 2 unspecified atom stereocenters. The molecule has 0 aliphatic carbocycles. The number of hydrogen-bond acceptors (Lipinski definition) is 6. The van der Waals surface area contributed by atoms with Crippen molar-refractivity contribution in [3.05, 3.63) is 29.8 Å². The lowest BCUT2D eigenvalue weighted by Gasteiger charge is -2.19. The van der Waals surface area contributed by atoms with Gasteiger partial charge in [-0.15, -0.1) is 0 Å². The van der Waals surface area contributed by atoms with Gasteiger partial charge in [0.05, 0.1) is 18.1 Å². The standard InChI is InChI=1S/C20H26N2O6S/c1-3-28-20(27)13-5-7-15(8-6-13)22-12-14(11-17(22)23)18(24)21-16(19(25)26)9-10-29-4-2/h5-8,14,16H,3-4,9-12H2,1-2H3,(H,21,24)(H,25,26). The average molecular weight is 423 g/mol. The van der Waals surface area contributed by atoms with Gasteiger partial charge in [0.25, 0.3) is 0 Å². The zero-order chi connectivity index (χ0) is 21.4. The highest BCUT2D eigenvalue weighted by Crippen LogP contribution is 2.26. The van der Waals surface area contributed by atoms with E-state index in [0.717, 1.165) is 5.75 Å². The molecule has 1 saturated heterocycles. The molecule has 0 spiro atoms. The van der Waals surface area contributed by atoms with Gasteiger partial charge >= 0.3 is 11.9 Å². The summed E-state index contributed by atoms with van der Waals surface area (Å²) in [6.45, 7) is 4.14. The van der Waals surface area contributed by atoms with E-state index < -0.39 is 29.8 Å². The summed E-state index contributed by atoms with van der Waals surface area (Å²) in [6.07, 6.45) is 0.348. The minimum absolute atomic E-state index is 0.0154. The van der Waals surface area contributed by atoms with E-state index in [4.69, 9.17) is 4.74 Å². The molecular formula is C20H26N2O6S. The minimum Gasteiger partial charge on any atom is -0.480 e. The van der Waals surface area contributed by atoms with Gasteiger partial charge in [0.15, 0.2) is 0 Å². The van der Waals surface area contributed by atoms with Gasteiger partial charge in [-0.2, -0.15) is 11.8 Å². The quantitative estimate of drug-likeness (QED) is 0.437. The van der Waals surface area contributed by atoms with Crippen LogP contribution in [0.1, 0.15) is 37.0 Å². The first-order valence-corrected chi connectivity index (χ1v) is 10.7. The molecule has 2 atom stereocenters. The van der Waals surface area contributed by atoms with Crippen LogP contribution in [0.15, 0.2) is 24.3 Å². The van der Waals surface area contributed by atoms with Crippen molar-refractivity contribution >= 4 is 41.2 Å². The highest BCUT2D eigenvalue weighted by atomic mass is 32.2. The minimum atomic E-state index is -1.08. The third-order valence-electron chi connectivity index (χ3n) is 4.56. The Balaban J connectivity index is 1.99. The van der Waals surface area contributed by atoms with Crippen LogP contribution in [0.2, 0.25) is 0 Å². The van der Waals surface area contributed by atoms with E-state index in [0.29, 0.717) is 23.4 Å². The largest absolute Gasteiger partial charge is 0.480 e. The maximum atomic E-state index is 12.5. The Morgan fingerprint density at radius 3 is 2.55 bits per heavy atom. The molecular weight excluding hydrogens is 396 g/mol. The van der Waals surface area contributed by atoms with E-state index in [-0.39, 0.29) is 25.5 Å². The van der Waals surface area contributed by atoms with Crippen molar-refractivity contribution in [1.82, 2.24) is 5.32 Å². The summed E-state index contributed by atoms with van der Waals surface area (Å²) in [6, 6.07) is 5.44. The number of rotatable bonds is 10. The zero-order valence-electron chi connectivity index (χ0n) is 16.6. The van der Waals surface area contributed by atoms with Crippen molar-refractivity contribution in [1.29, 1.82) is 0 Å². The number of hydrogen-bond donors (Lipinski definition) is 2. The first-order chi connectivity index (χ1) is 13.9. The van der Waals surface area contributed by atoms with Crippen molar-refractivity contribution in [3.63, 3.8) is 0 Å². The average Bonchev–Trinajstić information content (AvgIpc) is 3.09. The molecule has 2 amide bonds. The number of nitrogens with zero attached hydrogens (tertiary/aromatic N) is 1. The summed E-state index contributed by atoms with van der Waals surface area (Å²) in [5.41, 5.74) is 0.957. The number of carboxylic acids is 1. The summed E-state index contributed by atoms with van der Waals surface area (Å²) < 4.78 is 4.93. The van der Waals surface area contributed by atoms with Gasteiger partial charge in [0.2, 0.25) is 11.8 Å². The first-order valence-electron chi connectivity index (χ1n) is 9.55. The van der Waals surface area contributed by atoms with Gasteiger partial charge in [-0.25, -0.2) is 9.59 Å². The predicted octanol–water partition coefficient (Wildman–Crippen LogP) is 1.93. The lowest BCUT2D eigenvalue weighted by molar-refractivity contribution is -0.142. The predicted molar refractivity (Wildman–Crippen MR) is 110 cm³/mol. The molecule has 1 aliphatic heterocycles. The number of anilines is 1. The summed E-state index contributed by atoms with van der Waals surface area (Å²) in [5, 5.41) is 11.9. The molecule has 0 radical (unpaired) electrons. The monoisotopic (exact) mass is 422 g/mol. The molecule has 1 aromatic rings. The third kappa shape index (κ3) is 6.22. The Labute approximate surface area is 174 Å². The normalized spacial score (nSPS) is 17.1. The highest BCUT2D eigenvalue weighted by Gasteiger charge is 2.36. The fourth-order valence-electron chi connectivity index (χ4n) is 3.02. The number of esters is 1. The number of ether oxygens (including phenoxy) is 1. The van der Waals surface area contributed by atoms with Crippen LogP contribution in [0.4, 0.5) is 5.69 Å². The maximum Gasteiger partial charge on any atom is 0.338 e. The number of carbonyl (C=O) groups is 4. The summed E-state index contributed by atoms with van der Waals surface area (Å²) in [4.78, 5) is 49.5. The fourth-order valence-corrected chi connectivity index (χ4v) is 3.71. The Hall–Kier alpha value is -2.55. The van der Waals surface area contributed by atoms with E-state index in [1.54, 1.807) is 43.0 Å². The van der Waals surface area contributed by atoms with Crippen molar-refractivity contribution in [2.75, 3.05) is 29.6 Å². The Morgan fingerprint density at radius 1 is 1.28 bits per heavy atom. The SMILES string of the molecule is CCOC(=O)c1ccc(N2CC(C(=O)NC(CCSCC)C(=O)O)CC2=O)cc1. The summed E-state index contributed by atoms with van der Waals surface area (Å²) >= 11 is 1.61. The molecule has 0 bridgehead atoms. The molecule has 158 valence electrons. The van der Waals surface area contributed by atoms with Gasteiger partial charge in [-0.05, 0) is 49.1 Å². The summed E-state index contributed by atoms with van der Waals surface area (Å²) in [5.74, 6) is -1.28. The second kappa shape index (κ2) is 10.8. The lowest BCUT2D eigenvalue weighted by atomic mass is 10.1. The van der Waals surface area contributed by atoms with E-state index in [9.17, 15) is 24.3 Å². The van der Waals surface area contributed by atoms with Crippen molar-refractivity contribution in [2.24, 2.45) is 5.92 Å². The Kier molecular flexibility index (Phi) is 8.50. The number of benzene rings is 1. The molecule has 1 fully saturated rings. The number of thioether (sulfide) groups is 1. The van der Waals surface area contributed by atoms with Crippen LogP contribution < -0.4 is 10.2 Å². The zero-order valence-corrected chi connectivity index (χ0v) is 17.4. The molecule has 1 aliphatic rings. The maximum absolute atomic E-state index is 12.5. The van der Waals surface area contributed by atoms with Crippen LogP contribution in [-0.4, -0.2) is 59.6 Å². The first kappa shape index (κ1) is 22.7. The van der Waals surface area contributed by atoms with Gasteiger partial charge in [0.1, 0.15) is 6.04 Å². The smallest absolute Gasteiger partial charge is 0.338 e. The number of carbonyl (C=O) groups excluding carboxylic acids is 3. The molecule has 2 N–H and O–H groups in total. The van der Waals surface area contributed by atoms with Crippen LogP contribution in [0.3, 0.4) is 0 Å². The number of amides is 2. The molecule has 0 aromatic heterocycles. The second-order valence-corrected chi connectivity index (χ2v) is 7.95. The number of aliphatic carboxylic acids is 1. The van der Waals surface area contributed by atoms with Crippen molar-refractivity contribution < 1.29 is 29.0 Å². The van der Waals surface area contributed by atoms with Crippen LogP contribution >= 0.6 is 11.8 Å². The van der Waals surface area contributed by atoms with Crippen LogP contribution in [0.25, 0.3) is 0 Å². The van der Waals surface area contributed by atoms with Crippen molar-refractivity contribution in [3.8, 4) is 0 Å². The highest BCUT2D eigenvalue weighted by molar-refractivity contribution is 7.99. The molecule has 8 nitrogen and oxygen atoms in total. The van der Waals surface area contributed by atoms with E-state index in [1.165, 1.54) is 4.90 Å². The molecule has 2 rings (SSSR count). The summed E-state index contributed by atoms with van der Waals surface area (Å²) in [7, 11) is 0. The molecule has 29 heavy (non-hydrogen) atoms. The fraction of sp³-hybridized carbons (Fsp3) is 0.500. The van der Waals surface area contributed by atoms with Gasteiger partial charge in [0, 0.05) is 18.7 Å².